The number of pyridine rings is 1. The molecule has 2 heterocycles. The second kappa shape index (κ2) is 3.15. The number of piperidine rings is 1. The average Bonchev–Trinajstić information content (AvgIpc) is 2.91. The van der Waals surface area contributed by atoms with Crippen molar-refractivity contribution in [1.29, 1.82) is 0 Å². The molecule has 4 heteroatoms. The second-order valence-corrected chi connectivity index (χ2v) is 6.27. The summed E-state index contributed by atoms with van der Waals surface area (Å²) in [6.07, 6.45) is 4.47. The Kier molecular flexibility index (Phi) is 1.88. The maximum atomic E-state index is 5.84. The SMILES string of the molecule is CN1CC2CC23CC(Nc2ccc(Cl)cn2)C13. The summed E-state index contributed by atoms with van der Waals surface area (Å²) in [5.74, 6) is 1.93. The van der Waals surface area contributed by atoms with Crippen molar-refractivity contribution in [3.05, 3.63) is 23.4 Å². The molecule has 0 bridgehead atoms. The van der Waals surface area contributed by atoms with Crippen LogP contribution in [0.25, 0.3) is 0 Å². The van der Waals surface area contributed by atoms with Crippen LogP contribution in [0.4, 0.5) is 5.82 Å². The van der Waals surface area contributed by atoms with Crippen LogP contribution in [0.15, 0.2) is 18.3 Å². The van der Waals surface area contributed by atoms with Crippen LogP contribution in [0.5, 0.6) is 0 Å². The van der Waals surface area contributed by atoms with Crippen molar-refractivity contribution in [2.24, 2.45) is 11.3 Å². The van der Waals surface area contributed by atoms with Crippen molar-refractivity contribution in [2.75, 3.05) is 18.9 Å². The van der Waals surface area contributed by atoms with Gasteiger partial charge in [0.25, 0.3) is 0 Å². The lowest BCUT2D eigenvalue weighted by atomic mass is 9.71. The molecule has 4 rings (SSSR count). The summed E-state index contributed by atoms with van der Waals surface area (Å²) in [6, 6.07) is 5.15. The Labute approximate surface area is 106 Å². The number of nitrogens with zero attached hydrogens (tertiary/aromatic N) is 2. The van der Waals surface area contributed by atoms with Crippen molar-refractivity contribution >= 4 is 17.4 Å². The van der Waals surface area contributed by atoms with E-state index >= 15 is 0 Å². The molecular formula is C13H16ClN3. The third kappa shape index (κ3) is 1.30. The van der Waals surface area contributed by atoms with Crippen molar-refractivity contribution in [3.8, 4) is 0 Å². The number of aromatic nitrogens is 1. The largest absolute Gasteiger partial charge is 0.366 e. The zero-order valence-electron chi connectivity index (χ0n) is 9.86. The van der Waals surface area contributed by atoms with E-state index in [1.54, 1.807) is 6.20 Å². The zero-order valence-corrected chi connectivity index (χ0v) is 10.6. The van der Waals surface area contributed by atoms with Crippen LogP contribution in [0, 0.1) is 11.3 Å². The lowest BCUT2D eigenvalue weighted by Gasteiger charge is -2.47. The Balaban J connectivity index is 1.49. The average molecular weight is 250 g/mol. The fourth-order valence-electron chi connectivity index (χ4n) is 4.13. The van der Waals surface area contributed by atoms with E-state index < -0.39 is 0 Å². The third-order valence-corrected chi connectivity index (χ3v) is 5.12. The molecule has 1 N–H and O–H groups in total. The maximum Gasteiger partial charge on any atom is 0.126 e. The molecule has 1 aromatic heterocycles. The Morgan fingerprint density at radius 2 is 2.35 bits per heavy atom. The van der Waals surface area contributed by atoms with E-state index in [-0.39, 0.29) is 0 Å². The first-order chi connectivity index (χ1) is 8.19. The Hall–Kier alpha value is -0.800. The minimum atomic E-state index is 0.571. The van der Waals surface area contributed by atoms with Gasteiger partial charge < -0.3 is 10.2 Å². The highest BCUT2D eigenvalue weighted by Gasteiger charge is 2.73. The second-order valence-electron chi connectivity index (χ2n) is 5.84. The molecule has 4 unspecified atom stereocenters. The molecule has 2 saturated carbocycles. The molecule has 3 aliphatic rings. The van der Waals surface area contributed by atoms with Crippen LogP contribution in [-0.4, -0.2) is 35.6 Å². The number of nitrogens with one attached hydrogen (secondary N) is 1. The number of hydrogen-bond acceptors (Lipinski definition) is 3. The smallest absolute Gasteiger partial charge is 0.126 e. The van der Waals surface area contributed by atoms with Gasteiger partial charge in [-0.2, -0.15) is 0 Å². The van der Waals surface area contributed by atoms with Crippen molar-refractivity contribution < 1.29 is 0 Å². The van der Waals surface area contributed by atoms with Crippen LogP contribution in [0.2, 0.25) is 5.02 Å². The van der Waals surface area contributed by atoms with Crippen LogP contribution < -0.4 is 5.32 Å². The van der Waals surface area contributed by atoms with Gasteiger partial charge in [-0.1, -0.05) is 11.6 Å². The van der Waals surface area contributed by atoms with Gasteiger partial charge in [0.1, 0.15) is 5.82 Å². The summed E-state index contributed by atoms with van der Waals surface area (Å²) < 4.78 is 0. The molecular weight excluding hydrogens is 234 g/mol. The van der Waals surface area contributed by atoms with Crippen molar-refractivity contribution in [1.82, 2.24) is 9.88 Å². The molecule has 1 aliphatic heterocycles. The summed E-state index contributed by atoms with van der Waals surface area (Å²) in [5.41, 5.74) is 0.679. The van der Waals surface area contributed by atoms with Crippen LogP contribution in [0.1, 0.15) is 12.8 Å². The third-order valence-electron chi connectivity index (χ3n) is 4.89. The van der Waals surface area contributed by atoms with Crippen LogP contribution in [-0.2, 0) is 0 Å². The summed E-state index contributed by atoms with van der Waals surface area (Å²) in [4.78, 5) is 6.83. The molecule has 0 aromatic carbocycles. The Morgan fingerprint density at radius 3 is 3.06 bits per heavy atom. The number of hydrogen-bond donors (Lipinski definition) is 1. The highest BCUT2D eigenvalue weighted by atomic mass is 35.5. The van der Waals surface area contributed by atoms with E-state index in [0.29, 0.717) is 16.5 Å². The predicted octanol–water partition coefficient (Wildman–Crippen LogP) is 2.24. The van der Waals surface area contributed by atoms with Gasteiger partial charge >= 0.3 is 0 Å². The monoisotopic (exact) mass is 249 g/mol. The molecule has 0 radical (unpaired) electrons. The first-order valence-corrected chi connectivity index (χ1v) is 6.65. The van der Waals surface area contributed by atoms with E-state index in [0.717, 1.165) is 17.8 Å². The van der Waals surface area contributed by atoms with E-state index in [4.69, 9.17) is 11.6 Å². The van der Waals surface area contributed by atoms with E-state index in [2.05, 4.69) is 22.2 Å². The quantitative estimate of drug-likeness (QED) is 0.871. The molecule has 90 valence electrons. The molecule has 1 spiro atoms. The molecule has 3 fully saturated rings. The van der Waals surface area contributed by atoms with Crippen LogP contribution in [0.3, 0.4) is 0 Å². The minimum Gasteiger partial charge on any atom is -0.366 e. The van der Waals surface area contributed by atoms with E-state index in [1.165, 1.54) is 19.4 Å². The van der Waals surface area contributed by atoms with Gasteiger partial charge in [-0.05, 0) is 43.4 Å². The molecule has 0 amide bonds. The number of rotatable bonds is 2. The number of likely N-dealkylation sites (tertiary alicyclic amines) is 1. The molecule has 4 atom stereocenters. The maximum absolute atomic E-state index is 5.84. The van der Waals surface area contributed by atoms with Crippen LogP contribution >= 0.6 is 11.6 Å². The standard InChI is InChI=1S/C13H16ClN3/c1-17-7-8-4-13(8)5-10(12(13)17)16-11-3-2-9(14)6-15-11/h2-3,6,8,10,12H,4-5,7H2,1H3,(H,15,16). The number of likely N-dealkylation sites (N-methyl/N-ethyl adjacent to an activating group) is 1. The Bertz CT molecular complexity index is 460. The summed E-state index contributed by atoms with van der Waals surface area (Å²) in [5, 5.41) is 4.24. The van der Waals surface area contributed by atoms with Gasteiger partial charge in [0.2, 0.25) is 0 Å². The molecule has 1 aromatic rings. The van der Waals surface area contributed by atoms with Crippen molar-refractivity contribution in [2.45, 2.75) is 24.9 Å². The summed E-state index contributed by atoms with van der Waals surface area (Å²) in [6.45, 7) is 1.29. The minimum absolute atomic E-state index is 0.571. The van der Waals surface area contributed by atoms with E-state index in [9.17, 15) is 0 Å². The fraction of sp³-hybridized carbons (Fsp3) is 0.615. The zero-order chi connectivity index (χ0) is 11.6. The van der Waals surface area contributed by atoms with Crippen molar-refractivity contribution in [3.63, 3.8) is 0 Å². The lowest BCUT2D eigenvalue weighted by Crippen LogP contribution is -2.57. The van der Waals surface area contributed by atoms with Gasteiger partial charge in [-0.25, -0.2) is 4.98 Å². The normalized spacial score (nSPS) is 42.6. The molecule has 17 heavy (non-hydrogen) atoms. The van der Waals surface area contributed by atoms with Gasteiger partial charge in [0.05, 0.1) is 5.02 Å². The first-order valence-electron chi connectivity index (χ1n) is 6.27. The number of halogens is 1. The highest BCUT2D eigenvalue weighted by molar-refractivity contribution is 6.30. The molecule has 2 aliphatic carbocycles. The lowest BCUT2D eigenvalue weighted by molar-refractivity contribution is 0.0978. The number of anilines is 1. The van der Waals surface area contributed by atoms with Gasteiger partial charge in [0.15, 0.2) is 0 Å². The Morgan fingerprint density at radius 1 is 1.47 bits per heavy atom. The fourth-order valence-corrected chi connectivity index (χ4v) is 4.24. The first kappa shape index (κ1) is 10.2. The summed E-state index contributed by atoms with van der Waals surface area (Å²) in [7, 11) is 2.25. The van der Waals surface area contributed by atoms with Gasteiger partial charge in [0, 0.05) is 24.8 Å². The highest BCUT2D eigenvalue weighted by Crippen LogP contribution is 2.71. The molecule has 1 saturated heterocycles. The predicted molar refractivity (Wildman–Crippen MR) is 68.2 cm³/mol. The van der Waals surface area contributed by atoms with Gasteiger partial charge in [-0.3, -0.25) is 0 Å². The summed E-state index contributed by atoms with van der Waals surface area (Å²) >= 11 is 5.84. The van der Waals surface area contributed by atoms with E-state index in [1.807, 2.05) is 12.1 Å². The van der Waals surface area contributed by atoms with Gasteiger partial charge in [-0.15, -0.1) is 0 Å². The topological polar surface area (TPSA) is 28.2 Å². The molecule has 3 nitrogen and oxygen atoms in total.